The standard InChI is InChI=1S/C14H9FO/c15-12-6-4-10(5-7-12)13-3-1-2-11-8-9-16-14(11)13/h1-9H. The quantitative estimate of drug-likeness (QED) is 0.588. The van der Waals surface area contributed by atoms with Crippen molar-refractivity contribution in [2.24, 2.45) is 0 Å². The average molecular weight is 212 g/mol. The second-order valence-electron chi connectivity index (χ2n) is 3.65. The van der Waals surface area contributed by atoms with E-state index in [2.05, 4.69) is 0 Å². The summed E-state index contributed by atoms with van der Waals surface area (Å²) < 4.78 is 18.3. The van der Waals surface area contributed by atoms with Gasteiger partial charge in [-0.3, -0.25) is 0 Å². The monoisotopic (exact) mass is 212 g/mol. The second kappa shape index (κ2) is 3.49. The molecule has 0 saturated carbocycles. The van der Waals surface area contributed by atoms with Gasteiger partial charge in [-0.25, -0.2) is 4.39 Å². The molecule has 0 spiro atoms. The summed E-state index contributed by atoms with van der Waals surface area (Å²) in [6.07, 6.45) is 1.66. The summed E-state index contributed by atoms with van der Waals surface area (Å²) in [6, 6.07) is 14.3. The molecule has 0 unspecified atom stereocenters. The predicted octanol–water partition coefficient (Wildman–Crippen LogP) is 4.24. The van der Waals surface area contributed by atoms with E-state index in [1.54, 1.807) is 18.4 Å². The topological polar surface area (TPSA) is 13.1 Å². The summed E-state index contributed by atoms with van der Waals surface area (Å²) in [5.74, 6) is -0.227. The summed E-state index contributed by atoms with van der Waals surface area (Å²) in [6.45, 7) is 0. The summed E-state index contributed by atoms with van der Waals surface area (Å²) in [5.41, 5.74) is 2.79. The van der Waals surface area contributed by atoms with E-state index in [-0.39, 0.29) is 5.82 Å². The van der Waals surface area contributed by atoms with Crippen LogP contribution in [0.4, 0.5) is 4.39 Å². The first-order valence-corrected chi connectivity index (χ1v) is 5.07. The Hall–Kier alpha value is -2.09. The minimum Gasteiger partial charge on any atom is -0.464 e. The number of fused-ring (bicyclic) bond motifs is 1. The van der Waals surface area contributed by atoms with E-state index in [1.807, 2.05) is 24.3 Å². The molecule has 0 radical (unpaired) electrons. The van der Waals surface area contributed by atoms with Crippen LogP contribution in [0.25, 0.3) is 22.1 Å². The Bertz CT molecular complexity index is 623. The van der Waals surface area contributed by atoms with Crippen molar-refractivity contribution in [1.82, 2.24) is 0 Å². The number of hydrogen-bond donors (Lipinski definition) is 0. The molecule has 1 aromatic heterocycles. The third-order valence-electron chi connectivity index (χ3n) is 2.63. The molecule has 0 aliphatic carbocycles. The molecule has 0 aliphatic rings. The lowest BCUT2D eigenvalue weighted by molar-refractivity contribution is 0.616. The third kappa shape index (κ3) is 1.39. The van der Waals surface area contributed by atoms with Crippen LogP contribution >= 0.6 is 0 Å². The molecule has 3 rings (SSSR count). The molecule has 0 amide bonds. The SMILES string of the molecule is Fc1ccc(-c2cccc3ccoc23)cc1. The molecular formula is C14H9FO. The first-order chi connectivity index (χ1) is 7.84. The molecule has 0 fully saturated rings. The lowest BCUT2D eigenvalue weighted by atomic mass is 10.0. The summed E-state index contributed by atoms with van der Waals surface area (Å²) in [5, 5.41) is 1.06. The molecule has 78 valence electrons. The minimum absolute atomic E-state index is 0.227. The molecule has 2 heteroatoms. The number of rotatable bonds is 1. The molecule has 2 aromatic carbocycles. The molecule has 1 heterocycles. The van der Waals surface area contributed by atoms with Gasteiger partial charge in [0.25, 0.3) is 0 Å². The minimum atomic E-state index is -0.227. The van der Waals surface area contributed by atoms with Crippen molar-refractivity contribution in [2.45, 2.75) is 0 Å². The zero-order valence-corrected chi connectivity index (χ0v) is 8.48. The van der Waals surface area contributed by atoms with Gasteiger partial charge in [-0.2, -0.15) is 0 Å². The Morgan fingerprint density at radius 2 is 1.69 bits per heavy atom. The van der Waals surface area contributed by atoms with Crippen LogP contribution in [-0.4, -0.2) is 0 Å². The number of para-hydroxylation sites is 1. The van der Waals surface area contributed by atoms with Gasteiger partial charge in [0, 0.05) is 10.9 Å². The molecular weight excluding hydrogens is 203 g/mol. The fourth-order valence-corrected chi connectivity index (χ4v) is 1.85. The molecule has 0 saturated heterocycles. The van der Waals surface area contributed by atoms with E-state index in [0.717, 1.165) is 22.1 Å². The van der Waals surface area contributed by atoms with Crippen LogP contribution in [-0.2, 0) is 0 Å². The molecule has 0 N–H and O–H groups in total. The predicted molar refractivity (Wildman–Crippen MR) is 61.6 cm³/mol. The van der Waals surface area contributed by atoms with Gasteiger partial charge in [-0.05, 0) is 23.8 Å². The number of halogens is 1. The third-order valence-corrected chi connectivity index (χ3v) is 2.63. The van der Waals surface area contributed by atoms with E-state index < -0.39 is 0 Å². The van der Waals surface area contributed by atoms with E-state index in [0.29, 0.717) is 0 Å². The van der Waals surface area contributed by atoms with E-state index in [1.165, 1.54) is 12.1 Å². The highest BCUT2D eigenvalue weighted by Crippen LogP contribution is 2.29. The normalized spacial score (nSPS) is 10.8. The molecule has 3 aromatic rings. The average Bonchev–Trinajstić information content (AvgIpc) is 2.78. The van der Waals surface area contributed by atoms with Gasteiger partial charge in [0.2, 0.25) is 0 Å². The first kappa shape index (κ1) is 9.16. The van der Waals surface area contributed by atoms with Crippen molar-refractivity contribution >= 4 is 11.0 Å². The largest absolute Gasteiger partial charge is 0.464 e. The maximum Gasteiger partial charge on any atom is 0.141 e. The summed E-state index contributed by atoms with van der Waals surface area (Å²) >= 11 is 0. The highest BCUT2D eigenvalue weighted by Gasteiger charge is 2.05. The lowest BCUT2D eigenvalue weighted by Crippen LogP contribution is -1.79. The van der Waals surface area contributed by atoms with Crippen molar-refractivity contribution in [1.29, 1.82) is 0 Å². The summed E-state index contributed by atoms with van der Waals surface area (Å²) in [7, 11) is 0. The van der Waals surface area contributed by atoms with E-state index in [4.69, 9.17) is 4.42 Å². The molecule has 0 aliphatic heterocycles. The number of furan rings is 1. The fourth-order valence-electron chi connectivity index (χ4n) is 1.85. The lowest BCUT2D eigenvalue weighted by Gasteiger charge is -2.02. The van der Waals surface area contributed by atoms with E-state index >= 15 is 0 Å². The van der Waals surface area contributed by atoms with Crippen LogP contribution in [0.5, 0.6) is 0 Å². The summed E-state index contributed by atoms with van der Waals surface area (Å²) in [4.78, 5) is 0. The Morgan fingerprint density at radius 3 is 2.50 bits per heavy atom. The Kier molecular flexibility index (Phi) is 2.00. The van der Waals surface area contributed by atoms with Crippen molar-refractivity contribution < 1.29 is 8.81 Å². The Balaban J connectivity index is 2.25. The van der Waals surface area contributed by atoms with Crippen molar-refractivity contribution in [3.05, 3.63) is 60.6 Å². The number of benzene rings is 2. The molecule has 16 heavy (non-hydrogen) atoms. The molecule has 0 bridgehead atoms. The van der Waals surface area contributed by atoms with Gasteiger partial charge in [0.05, 0.1) is 6.26 Å². The smallest absolute Gasteiger partial charge is 0.141 e. The Labute approximate surface area is 92.1 Å². The molecule has 0 atom stereocenters. The van der Waals surface area contributed by atoms with Gasteiger partial charge in [0.1, 0.15) is 11.4 Å². The second-order valence-corrected chi connectivity index (χ2v) is 3.65. The maximum absolute atomic E-state index is 12.8. The van der Waals surface area contributed by atoms with Crippen LogP contribution in [0.1, 0.15) is 0 Å². The Morgan fingerprint density at radius 1 is 0.875 bits per heavy atom. The zero-order chi connectivity index (χ0) is 11.0. The first-order valence-electron chi connectivity index (χ1n) is 5.07. The highest BCUT2D eigenvalue weighted by molar-refractivity contribution is 5.92. The van der Waals surface area contributed by atoms with Gasteiger partial charge in [0.15, 0.2) is 0 Å². The van der Waals surface area contributed by atoms with Crippen molar-refractivity contribution in [2.75, 3.05) is 0 Å². The van der Waals surface area contributed by atoms with Gasteiger partial charge in [-0.15, -0.1) is 0 Å². The fraction of sp³-hybridized carbons (Fsp3) is 0. The van der Waals surface area contributed by atoms with Gasteiger partial charge in [-0.1, -0.05) is 30.3 Å². The van der Waals surface area contributed by atoms with Crippen LogP contribution in [0.2, 0.25) is 0 Å². The maximum atomic E-state index is 12.8. The van der Waals surface area contributed by atoms with E-state index in [9.17, 15) is 4.39 Å². The van der Waals surface area contributed by atoms with Crippen molar-refractivity contribution in [3.63, 3.8) is 0 Å². The highest BCUT2D eigenvalue weighted by atomic mass is 19.1. The van der Waals surface area contributed by atoms with Crippen molar-refractivity contribution in [3.8, 4) is 11.1 Å². The van der Waals surface area contributed by atoms with Crippen LogP contribution in [0.3, 0.4) is 0 Å². The number of hydrogen-bond acceptors (Lipinski definition) is 1. The van der Waals surface area contributed by atoms with Crippen LogP contribution in [0.15, 0.2) is 59.2 Å². The van der Waals surface area contributed by atoms with Gasteiger partial charge >= 0.3 is 0 Å². The molecule has 1 nitrogen and oxygen atoms in total. The van der Waals surface area contributed by atoms with Crippen LogP contribution in [0, 0.1) is 5.82 Å². The zero-order valence-electron chi connectivity index (χ0n) is 8.48. The van der Waals surface area contributed by atoms with Crippen LogP contribution < -0.4 is 0 Å². The van der Waals surface area contributed by atoms with Gasteiger partial charge < -0.3 is 4.42 Å².